The number of benzene rings is 2. The molecule has 0 bridgehead atoms. The molecular formula is C20H27N3O3. The number of rotatable bonds is 8. The largest absolute Gasteiger partial charge is 0.495 e. The van der Waals surface area contributed by atoms with Crippen LogP contribution in [-0.2, 0) is 0 Å². The van der Waals surface area contributed by atoms with Gasteiger partial charge >= 0.3 is 6.03 Å². The molecule has 0 fully saturated rings. The van der Waals surface area contributed by atoms with E-state index >= 15 is 0 Å². The predicted molar refractivity (Wildman–Crippen MR) is 103 cm³/mol. The van der Waals surface area contributed by atoms with Crippen molar-refractivity contribution < 1.29 is 14.6 Å². The highest BCUT2D eigenvalue weighted by molar-refractivity contribution is 5.90. The first-order chi connectivity index (χ1) is 12.5. The summed E-state index contributed by atoms with van der Waals surface area (Å²) in [5, 5.41) is 16.3. The average molecular weight is 357 g/mol. The van der Waals surface area contributed by atoms with Crippen LogP contribution in [0.15, 0.2) is 54.6 Å². The number of urea groups is 1. The summed E-state index contributed by atoms with van der Waals surface area (Å²) < 4.78 is 5.23. The first-order valence-corrected chi connectivity index (χ1v) is 8.57. The second-order valence-electron chi connectivity index (χ2n) is 6.41. The number of anilines is 1. The second kappa shape index (κ2) is 9.79. The molecule has 3 N–H and O–H groups in total. The van der Waals surface area contributed by atoms with Gasteiger partial charge in [-0.2, -0.15) is 0 Å². The van der Waals surface area contributed by atoms with Gasteiger partial charge in [0.1, 0.15) is 5.75 Å². The molecular weight excluding hydrogens is 330 g/mol. The molecule has 0 heterocycles. The van der Waals surface area contributed by atoms with Crippen molar-refractivity contribution in [2.24, 2.45) is 5.92 Å². The lowest BCUT2D eigenvalue weighted by atomic mass is 9.95. The van der Waals surface area contributed by atoms with Crippen LogP contribution >= 0.6 is 0 Å². The molecule has 2 atom stereocenters. The van der Waals surface area contributed by atoms with E-state index in [1.807, 2.05) is 61.5 Å². The summed E-state index contributed by atoms with van der Waals surface area (Å²) >= 11 is 0. The molecule has 0 aromatic heterocycles. The summed E-state index contributed by atoms with van der Waals surface area (Å²) in [4.78, 5) is 14.3. The number of carbonyl (C=O) groups is 1. The normalized spacial score (nSPS) is 13.1. The van der Waals surface area contributed by atoms with E-state index in [1.54, 1.807) is 19.2 Å². The number of nitrogens with zero attached hydrogens (tertiary/aromatic N) is 1. The van der Waals surface area contributed by atoms with Gasteiger partial charge in [0.15, 0.2) is 0 Å². The lowest BCUT2D eigenvalue weighted by molar-refractivity contribution is 0.0911. The van der Waals surface area contributed by atoms with Gasteiger partial charge in [-0.1, -0.05) is 42.5 Å². The standard InChI is InChI=1S/C20H27N3O3/c1-23(2)14-16(19(24)15-9-5-4-6-10-15)13-21-20(25)22-17-11-7-8-12-18(17)26-3/h4-12,16,19,24H,13-14H2,1-3H3,(H2,21,22,25)/t16-,19-/m1/s1. The molecule has 0 aliphatic carbocycles. The van der Waals surface area contributed by atoms with E-state index in [1.165, 1.54) is 0 Å². The molecule has 26 heavy (non-hydrogen) atoms. The maximum absolute atomic E-state index is 12.3. The molecule has 6 nitrogen and oxygen atoms in total. The minimum absolute atomic E-state index is 0.143. The fourth-order valence-corrected chi connectivity index (χ4v) is 2.81. The Hall–Kier alpha value is -2.57. The topological polar surface area (TPSA) is 73.8 Å². The van der Waals surface area contributed by atoms with Crippen molar-refractivity contribution in [2.45, 2.75) is 6.10 Å². The quantitative estimate of drug-likeness (QED) is 0.679. The Morgan fingerprint density at radius 2 is 1.77 bits per heavy atom. The van der Waals surface area contributed by atoms with Crippen LogP contribution in [0, 0.1) is 5.92 Å². The molecule has 0 unspecified atom stereocenters. The molecule has 2 amide bonds. The van der Waals surface area contributed by atoms with E-state index in [2.05, 4.69) is 10.6 Å². The minimum Gasteiger partial charge on any atom is -0.495 e. The SMILES string of the molecule is COc1ccccc1NC(=O)NC[C@H](CN(C)C)[C@H](O)c1ccccc1. The summed E-state index contributed by atoms with van der Waals surface area (Å²) in [6.07, 6.45) is -0.662. The van der Waals surface area contributed by atoms with Crippen LogP contribution in [0.5, 0.6) is 5.75 Å². The van der Waals surface area contributed by atoms with E-state index in [0.29, 0.717) is 24.5 Å². The van der Waals surface area contributed by atoms with Gasteiger partial charge in [0, 0.05) is 19.0 Å². The van der Waals surface area contributed by atoms with E-state index < -0.39 is 6.10 Å². The van der Waals surface area contributed by atoms with E-state index in [0.717, 1.165) is 5.56 Å². The molecule has 0 spiro atoms. The van der Waals surface area contributed by atoms with Crippen LogP contribution in [0.2, 0.25) is 0 Å². The molecule has 2 rings (SSSR count). The van der Waals surface area contributed by atoms with Crippen LogP contribution in [0.3, 0.4) is 0 Å². The Morgan fingerprint density at radius 3 is 2.42 bits per heavy atom. The van der Waals surface area contributed by atoms with Gasteiger partial charge in [-0.25, -0.2) is 4.79 Å². The van der Waals surface area contributed by atoms with Gasteiger partial charge in [0.2, 0.25) is 0 Å². The van der Waals surface area contributed by atoms with E-state index in [-0.39, 0.29) is 11.9 Å². The number of carbonyl (C=O) groups excluding carboxylic acids is 1. The average Bonchev–Trinajstić information content (AvgIpc) is 2.65. The van der Waals surface area contributed by atoms with Gasteiger partial charge in [0.25, 0.3) is 0 Å². The number of para-hydroxylation sites is 2. The molecule has 2 aromatic rings. The maximum Gasteiger partial charge on any atom is 0.319 e. The molecule has 0 radical (unpaired) electrons. The molecule has 6 heteroatoms. The van der Waals surface area contributed by atoms with Gasteiger partial charge in [0.05, 0.1) is 18.9 Å². The van der Waals surface area contributed by atoms with E-state index in [9.17, 15) is 9.90 Å². The number of aliphatic hydroxyl groups excluding tert-OH is 1. The Kier molecular flexibility index (Phi) is 7.44. The van der Waals surface area contributed by atoms with Crippen molar-refractivity contribution in [3.63, 3.8) is 0 Å². The summed E-state index contributed by atoms with van der Waals surface area (Å²) in [6.45, 7) is 0.986. The zero-order valence-corrected chi connectivity index (χ0v) is 15.5. The van der Waals surface area contributed by atoms with Gasteiger partial charge in [-0.15, -0.1) is 0 Å². The monoisotopic (exact) mass is 357 g/mol. The number of hydrogen-bond donors (Lipinski definition) is 3. The number of amides is 2. The number of hydrogen-bond acceptors (Lipinski definition) is 4. The van der Waals surface area contributed by atoms with Crippen LogP contribution in [0.4, 0.5) is 10.5 Å². The van der Waals surface area contributed by atoms with Crippen molar-refractivity contribution >= 4 is 11.7 Å². The Morgan fingerprint density at radius 1 is 1.12 bits per heavy atom. The zero-order valence-electron chi connectivity index (χ0n) is 15.5. The highest BCUT2D eigenvalue weighted by atomic mass is 16.5. The first-order valence-electron chi connectivity index (χ1n) is 8.57. The van der Waals surface area contributed by atoms with Crippen molar-refractivity contribution in [3.8, 4) is 5.75 Å². The van der Waals surface area contributed by atoms with Crippen molar-refractivity contribution in [1.29, 1.82) is 0 Å². The maximum atomic E-state index is 12.3. The summed E-state index contributed by atoms with van der Waals surface area (Å²) in [7, 11) is 5.45. The van der Waals surface area contributed by atoms with Crippen LogP contribution in [0.1, 0.15) is 11.7 Å². The third-order valence-electron chi connectivity index (χ3n) is 4.07. The highest BCUT2D eigenvalue weighted by Gasteiger charge is 2.22. The predicted octanol–water partition coefficient (Wildman–Crippen LogP) is 2.73. The van der Waals surface area contributed by atoms with Gasteiger partial charge in [-0.3, -0.25) is 0 Å². The fourth-order valence-electron chi connectivity index (χ4n) is 2.81. The third kappa shape index (κ3) is 5.75. The number of aliphatic hydroxyl groups is 1. The van der Waals surface area contributed by atoms with Crippen LogP contribution < -0.4 is 15.4 Å². The van der Waals surface area contributed by atoms with Crippen molar-refractivity contribution in [3.05, 3.63) is 60.2 Å². The van der Waals surface area contributed by atoms with Crippen molar-refractivity contribution in [1.82, 2.24) is 10.2 Å². The van der Waals surface area contributed by atoms with Crippen LogP contribution in [-0.4, -0.2) is 50.3 Å². The lowest BCUT2D eigenvalue weighted by Gasteiger charge is -2.26. The summed E-state index contributed by atoms with van der Waals surface area (Å²) in [6, 6.07) is 16.4. The summed E-state index contributed by atoms with van der Waals surface area (Å²) in [5.74, 6) is 0.452. The Bertz CT molecular complexity index is 692. The molecule has 0 saturated carbocycles. The second-order valence-corrected chi connectivity index (χ2v) is 6.41. The molecule has 0 aliphatic rings. The Balaban J connectivity index is 1.99. The molecule has 0 aliphatic heterocycles. The first kappa shape index (κ1) is 19.8. The molecule has 140 valence electrons. The fraction of sp³-hybridized carbons (Fsp3) is 0.350. The van der Waals surface area contributed by atoms with Crippen molar-refractivity contribution in [2.75, 3.05) is 39.6 Å². The Labute approximate surface area is 154 Å². The third-order valence-corrected chi connectivity index (χ3v) is 4.07. The number of methoxy groups -OCH3 is 1. The van der Waals surface area contributed by atoms with E-state index in [4.69, 9.17) is 4.74 Å². The van der Waals surface area contributed by atoms with Gasteiger partial charge < -0.3 is 25.4 Å². The van der Waals surface area contributed by atoms with Gasteiger partial charge in [-0.05, 0) is 31.8 Å². The highest BCUT2D eigenvalue weighted by Crippen LogP contribution is 2.24. The number of nitrogens with one attached hydrogen (secondary N) is 2. The van der Waals surface area contributed by atoms with Crippen LogP contribution in [0.25, 0.3) is 0 Å². The minimum atomic E-state index is -0.662. The lowest BCUT2D eigenvalue weighted by Crippen LogP contribution is -2.39. The molecule has 2 aromatic carbocycles. The molecule has 0 saturated heterocycles. The number of ether oxygens (including phenoxy) is 1. The zero-order chi connectivity index (χ0) is 18.9. The smallest absolute Gasteiger partial charge is 0.319 e. The summed E-state index contributed by atoms with van der Waals surface area (Å²) in [5.41, 5.74) is 1.44.